The summed E-state index contributed by atoms with van der Waals surface area (Å²) < 4.78 is 26.7. The van der Waals surface area contributed by atoms with Gasteiger partial charge in [0.2, 0.25) is 5.88 Å². The summed E-state index contributed by atoms with van der Waals surface area (Å²) in [5.41, 5.74) is 4.04. The minimum absolute atomic E-state index is 0.0514. The SMILES string of the molecule is CCCOc1cnc2c(-c3nc4cc(F)c(O[C@@H](C)CC)cc4s3)cc(C)cc2n1. The highest BCUT2D eigenvalue weighted by atomic mass is 32.1. The third-order valence-corrected chi connectivity index (χ3v) is 5.85. The number of aromatic nitrogens is 3. The Balaban J connectivity index is 1.79. The van der Waals surface area contributed by atoms with Gasteiger partial charge in [-0.2, -0.15) is 0 Å². The van der Waals surface area contributed by atoms with Gasteiger partial charge in [0, 0.05) is 17.7 Å². The second-order valence-corrected chi connectivity index (χ2v) is 8.37. The third-order valence-electron chi connectivity index (χ3n) is 4.80. The monoisotopic (exact) mass is 425 g/mol. The molecule has 0 aliphatic carbocycles. The average Bonchev–Trinajstić information content (AvgIpc) is 3.13. The molecule has 0 aliphatic heterocycles. The van der Waals surface area contributed by atoms with E-state index in [0.717, 1.165) is 44.7 Å². The van der Waals surface area contributed by atoms with Crippen molar-refractivity contribution in [1.29, 1.82) is 0 Å². The van der Waals surface area contributed by atoms with Crippen molar-refractivity contribution in [3.05, 3.63) is 41.8 Å². The highest BCUT2D eigenvalue weighted by Crippen LogP contribution is 2.37. The van der Waals surface area contributed by atoms with Gasteiger partial charge in [0.15, 0.2) is 11.6 Å². The van der Waals surface area contributed by atoms with Crippen molar-refractivity contribution >= 4 is 32.6 Å². The maximum absolute atomic E-state index is 14.5. The molecule has 0 aliphatic rings. The number of hydrogen-bond donors (Lipinski definition) is 0. The van der Waals surface area contributed by atoms with Crippen molar-refractivity contribution in [1.82, 2.24) is 15.0 Å². The highest BCUT2D eigenvalue weighted by molar-refractivity contribution is 7.21. The van der Waals surface area contributed by atoms with Crippen LogP contribution in [0, 0.1) is 12.7 Å². The summed E-state index contributed by atoms with van der Waals surface area (Å²) in [6.07, 6.45) is 3.30. The van der Waals surface area contributed by atoms with Crippen LogP contribution in [-0.4, -0.2) is 27.7 Å². The van der Waals surface area contributed by atoms with E-state index in [1.807, 2.05) is 39.8 Å². The van der Waals surface area contributed by atoms with E-state index in [9.17, 15) is 4.39 Å². The van der Waals surface area contributed by atoms with E-state index in [2.05, 4.69) is 15.0 Å². The lowest BCUT2D eigenvalue weighted by Crippen LogP contribution is -2.10. The van der Waals surface area contributed by atoms with Crippen LogP contribution in [0.2, 0.25) is 0 Å². The Morgan fingerprint density at radius 1 is 1.10 bits per heavy atom. The molecule has 30 heavy (non-hydrogen) atoms. The number of halogens is 1. The van der Waals surface area contributed by atoms with Crippen LogP contribution < -0.4 is 9.47 Å². The summed E-state index contributed by atoms with van der Waals surface area (Å²) in [5, 5.41) is 0.773. The number of rotatable bonds is 7. The molecule has 2 aromatic carbocycles. The maximum Gasteiger partial charge on any atom is 0.232 e. The lowest BCUT2D eigenvalue weighted by atomic mass is 10.1. The zero-order chi connectivity index (χ0) is 21.3. The van der Waals surface area contributed by atoms with E-state index in [4.69, 9.17) is 9.47 Å². The van der Waals surface area contributed by atoms with E-state index in [1.165, 1.54) is 17.4 Å². The van der Waals surface area contributed by atoms with Crippen LogP contribution in [0.25, 0.3) is 31.8 Å². The Kier molecular flexibility index (Phi) is 5.81. The van der Waals surface area contributed by atoms with Gasteiger partial charge in [0.25, 0.3) is 0 Å². The molecule has 0 spiro atoms. The second kappa shape index (κ2) is 8.52. The Labute approximate surface area is 178 Å². The number of thiazole rings is 1. The van der Waals surface area contributed by atoms with Gasteiger partial charge in [0.1, 0.15) is 5.01 Å². The first-order valence-electron chi connectivity index (χ1n) is 10.2. The van der Waals surface area contributed by atoms with E-state index < -0.39 is 5.82 Å². The number of ether oxygens (including phenoxy) is 2. The minimum atomic E-state index is -0.397. The molecule has 4 aromatic rings. The van der Waals surface area contributed by atoms with Gasteiger partial charge in [-0.3, -0.25) is 0 Å². The van der Waals surface area contributed by atoms with Gasteiger partial charge in [-0.15, -0.1) is 11.3 Å². The molecule has 0 radical (unpaired) electrons. The minimum Gasteiger partial charge on any atom is -0.488 e. The van der Waals surface area contributed by atoms with Crippen molar-refractivity contribution in [3.63, 3.8) is 0 Å². The molecule has 0 N–H and O–H groups in total. The fourth-order valence-corrected chi connectivity index (χ4v) is 4.12. The summed E-state index contributed by atoms with van der Waals surface area (Å²) >= 11 is 1.49. The van der Waals surface area contributed by atoms with Crippen LogP contribution in [0.1, 0.15) is 39.2 Å². The van der Waals surface area contributed by atoms with Crippen molar-refractivity contribution < 1.29 is 13.9 Å². The fourth-order valence-electron chi connectivity index (χ4n) is 3.12. The fraction of sp³-hybridized carbons (Fsp3) is 0.348. The van der Waals surface area contributed by atoms with Crippen LogP contribution in [0.15, 0.2) is 30.5 Å². The molecule has 0 saturated carbocycles. The lowest BCUT2D eigenvalue weighted by Gasteiger charge is -2.12. The predicted octanol–water partition coefficient (Wildman–Crippen LogP) is 6.32. The van der Waals surface area contributed by atoms with Crippen LogP contribution in [0.3, 0.4) is 0 Å². The summed E-state index contributed by atoms with van der Waals surface area (Å²) in [7, 11) is 0. The molecule has 7 heteroatoms. The van der Waals surface area contributed by atoms with Gasteiger partial charge in [-0.05, 0) is 44.4 Å². The maximum atomic E-state index is 14.5. The first-order chi connectivity index (χ1) is 14.5. The van der Waals surface area contributed by atoms with E-state index >= 15 is 0 Å². The largest absolute Gasteiger partial charge is 0.488 e. The number of fused-ring (bicyclic) bond motifs is 2. The van der Waals surface area contributed by atoms with Crippen LogP contribution >= 0.6 is 11.3 Å². The zero-order valence-electron chi connectivity index (χ0n) is 17.5. The summed E-state index contributed by atoms with van der Waals surface area (Å²) in [6.45, 7) is 8.59. The van der Waals surface area contributed by atoms with Crippen molar-refractivity contribution in [2.24, 2.45) is 0 Å². The first kappa shape index (κ1) is 20.5. The molecular weight excluding hydrogens is 401 g/mol. The second-order valence-electron chi connectivity index (χ2n) is 7.34. The molecule has 5 nitrogen and oxygen atoms in total. The molecule has 0 unspecified atom stereocenters. The van der Waals surface area contributed by atoms with Crippen LogP contribution in [-0.2, 0) is 0 Å². The zero-order valence-corrected chi connectivity index (χ0v) is 18.3. The molecule has 156 valence electrons. The average molecular weight is 426 g/mol. The molecule has 4 rings (SSSR count). The Morgan fingerprint density at radius 3 is 2.70 bits per heavy atom. The predicted molar refractivity (Wildman–Crippen MR) is 119 cm³/mol. The highest BCUT2D eigenvalue weighted by Gasteiger charge is 2.16. The Bertz CT molecular complexity index is 1210. The quantitative estimate of drug-likeness (QED) is 0.347. The Morgan fingerprint density at radius 2 is 1.93 bits per heavy atom. The molecular formula is C23H24FN3O2S. The van der Waals surface area contributed by atoms with Gasteiger partial charge >= 0.3 is 0 Å². The topological polar surface area (TPSA) is 57.1 Å². The van der Waals surface area contributed by atoms with Crippen LogP contribution in [0.5, 0.6) is 11.6 Å². The molecule has 0 saturated heterocycles. The summed E-state index contributed by atoms with van der Waals surface area (Å²) in [5.74, 6) is 0.379. The third kappa shape index (κ3) is 4.07. The molecule has 0 amide bonds. The van der Waals surface area contributed by atoms with Gasteiger partial charge in [-0.25, -0.2) is 19.3 Å². The molecule has 0 bridgehead atoms. The van der Waals surface area contributed by atoms with Crippen molar-refractivity contribution in [3.8, 4) is 22.2 Å². The van der Waals surface area contributed by atoms with E-state index in [1.54, 1.807) is 12.3 Å². The summed E-state index contributed by atoms with van der Waals surface area (Å²) in [4.78, 5) is 13.9. The van der Waals surface area contributed by atoms with E-state index in [0.29, 0.717) is 18.0 Å². The van der Waals surface area contributed by atoms with Crippen molar-refractivity contribution in [2.75, 3.05) is 6.61 Å². The molecule has 2 aromatic heterocycles. The molecule has 0 fully saturated rings. The molecule has 1 atom stereocenters. The number of benzene rings is 2. The number of hydrogen-bond acceptors (Lipinski definition) is 6. The number of aryl methyl sites for hydroxylation is 1. The Hall–Kier alpha value is -2.80. The first-order valence-corrected chi connectivity index (χ1v) is 11.0. The number of nitrogens with zero attached hydrogens (tertiary/aromatic N) is 3. The standard InChI is InChI=1S/C23H24FN3O2S/c1-5-7-28-21-12-25-22-15(8-13(3)9-18(22)26-21)23-27-17-10-16(24)19(11-20(17)30-23)29-14(4)6-2/h8-12,14H,5-7H2,1-4H3/t14-/m0/s1. The summed E-state index contributed by atoms with van der Waals surface area (Å²) in [6, 6.07) is 7.19. The lowest BCUT2D eigenvalue weighted by molar-refractivity contribution is 0.208. The molecule has 2 heterocycles. The smallest absolute Gasteiger partial charge is 0.232 e. The van der Waals surface area contributed by atoms with E-state index in [-0.39, 0.29) is 11.9 Å². The van der Waals surface area contributed by atoms with Crippen molar-refractivity contribution in [2.45, 2.75) is 46.6 Å². The van der Waals surface area contributed by atoms with Crippen LogP contribution in [0.4, 0.5) is 4.39 Å². The van der Waals surface area contributed by atoms with Gasteiger partial charge in [-0.1, -0.05) is 13.8 Å². The van der Waals surface area contributed by atoms with Gasteiger partial charge in [0.05, 0.1) is 40.2 Å². The normalized spacial score (nSPS) is 12.4. The van der Waals surface area contributed by atoms with Gasteiger partial charge < -0.3 is 9.47 Å².